The van der Waals surface area contributed by atoms with Gasteiger partial charge in [-0.15, -0.1) is 0 Å². The topological polar surface area (TPSA) is 9.23 Å². The molecule has 1 heteroatoms. The molecule has 0 heterocycles. The number of methoxy groups -OCH3 is 1. The van der Waals surface area contributed by atoms with Gasteiger partial charge in [0.25, 0.3) is 0 Å². The van der Waals surface area contributed by atoms with Crippen LogP contribution < -0.4 is 0 Å². The molecule has 0 aromatic carbocycles. The SMILES string of the molecule is CCCC(CCC1CCCCC1(C)C)OC. The molecule has 96 valence electrons. The fourth-order valence-corrected chi connectivity index (χ4v) is 3.19. The van der Waals surface area contributed by atoms with Crippen LogP contribution in [0.2, 0.25) is 0 Å². The van der Waals surface area contributed by atoms with Crippen molar-refractivity contribution in [2.45, 2.75) is 78.2 Å². The van der Waals surface area contributed by atoms with Gasteiger partial charge in [-0.05, 0) is 43.4 Å². The summed E-state index contributed by atoms with van der Waals surface area (Å²) in [6.07, 6.45) is 11.3. The van der Waals surface area contributed by atoms with E-state index in [9.17, 15) is 0 Å². The molecule has 1 saturated carbocycles. The number of ether oxygens (including phenoxy) is 1. The van der Waals surface area contributed by atoms with Crippen LogP contribution in [0.1, 0.15) is 72.1 Å². The van der Waals surface area contributed by atoms with Crippen molar-refractivity contribution in [2.24, 2.45) is 11.3 Å². The highest BCUT2D eigenvalue weighted by Crippen LogP contribution is 2.43. The molecule has 0 aromatic heterocycles. The fourth-order valence-electron chi connectivity index (χ4n) is 3.19. The second-order valence-corrected chi connectivity index (χ2v) is 6.16. The van der Waals surface area contributed by atoms with Gasteiger partial charge >= 0.3 is 0 Å². The molecule has 1 fully saturated rings. The standard InChI is InChI=1S/C15H30O/c1-5-8-14(16-4)11-10-13-9-6-7-12-15(13,2)3/h13-14H,5-12H2,1-4H3. The van der Waals surface area contributed by atoms with Crippen LogP contribution >= 0.6 is 0 Å². The Kier molecular flexibility index (Phi) is 5.82. The van der Waals surface area contributed by atoms with Crippen molar-refractivity contribution < 1.29 is 4.74 Å². The van der Waals surface area contributed by atoms with Crippen molar-refractivity contribution in [1.29, 1.82) is 0 Å². The van der Waals surface area contributed by atoms with Gasteiger partial charge in [0.1, 0.15) is 0 Å². The molecule has 1 aliphatic rings. The highest BCUT2D eigenvalue weighted by molar-refractivity contribution is 4.83. The molecule has 0 spiro atoms. The van der Waals surface area contributed by atoms with Crippen LogP contribution in [-0.2, 0) is 4.74 Å². The van der Waals surface area contributed by atoms with Gasteiger partial charge in [0.05, 0.1) is 6.10 Å². The van der Waals surface area contributed by atoms with Crippen LogP contribution in [0.4, 0.5) is 0 Å². The van der Waals surface area contributed by atoms with Gasteiger partial charge in [-0.3, -0.25) is 0 Å². The average Bonchev–Trinajstić information content (AvgIpc) is 2.25. The monoisotopic (exact) mass is 226 g/mol. The van der Waals surface area contributed by atoms with Gasteiger partial charge < -0.3 is 4.74 Å². The molecule has 1 rings (SSSR count). The minimum absolute atomic E-state index is 0.503. The first-order valence-electron chi connectivity index (χ1n) is 7.13. The van der Waals surface area contributed by atoms with E-state index in [1.54, 1.807) is 0 Å². The molecule has 16 heavy (non-hydrogen) atoms. The van der Waals surface area contributed by atoms with Gasteiger partial charge in [-0.25, -0.2) is 0 Å². The second-order valence-electron chi connectivity index (χ2n) is 6.16. The first-order chi connectivity index (χ1) is 7.60. The highest BCUT2D eigenvalue weighted by Gasteiger charge is 2.31. The molecule has 0 amide bonds. The van der Waals surface area contributed by atoms with Crippen LogP contribution in [0.25, 0.3) is 0 Å². The molecular weight excluding hydrogens is 196 g/mol. The Bertz CT molecular complexity index is 186. The lowest BCUT2D eigenvalue weighted by atomic mass is 9.67. The maximum absolute atomic E-state index is 5.55. The molecule has 2 atom stereocenters. The predicted octanol–water partition coefficient (Wildman–Crippen LogP) is 4.80. The maximum Gasteiger partial charge on any atom is 0.0571 e. The number of hydrogen-bond acceptors (Lipinski definition) is 1. The summed E-state index contributed by atoms with van der Waals surface area (Å²) in [5.41, 5.74) is 0.572. The van der Waals surface area contributed by atoms with Crippen LogP contribution in [0.5, 0.6) is 0 Å². The predicted molar refractivity (Wildman–Crippen MR) is 70.7 cm³/mol. The van der Waals surface area contributed by atoms with Crippen molar-refractivity contribution in [3.63, 3.8) is 0 Å². The zero-order valence-corrected chi connectivity index (χ0v) is 11.7. The largest absolute Gasteiger partial charge is 0.381 e. The van der Waals surface area contributed by atoms with Gasteiger partial charge in [0.2, 0.25) is 0 Å². The van der Waals surface area contributed by atoms with E-state index in [0.717, 1.165) is 5.92 Å². The molecule has 1 aliphatic carbocycles. The smallest absolute Gasteiger partial charge is 0.0571 e. The summed E-state index contributed by atoms with van der Waals surface area (Å²) in [5.74, 6) is 0.927. The van der Waals surface area contributed by atoms with E-state index < -0.39 is 0 Å². The van der Waals surface area contributed by atoms with E-state index in [1.807, 2.05) is 7.11 Å². The van der Waals surface area contributed by atoms with Gasteiger partial charge in [-0.2, -0.15) is 0 Å². The van der Waals surface area contributed by atoms with Gasteiger partial charge in [-0.1, -0.05) is 40.0 Å². The Morgan fingerprint density at radius 3 is 2.56 bits per heavy atom. The molecule has 0 N–H and O–H groups in total. The third-order valence-corrected chi connectivity index (χ3v) is 4.51. The molecule has 0 bridgehead atoms. The Morgan fingerprint density at radius 1 is 1.25 bits per heavy atom. The van der Waals surface area contributed by atoms with Gasteiger partial charge in [0, 0.05) is 7.11 Å². The molecule has 0 aliphatic heterocycles. The summed E-state index contributed by atoms with van der Waals surface area (Å²) in [7, 11) is 1.87. The summed E-state index contributed by atoms with van der Waals surface area (Å²) < 4.78 is 5.55. The van der Waals surface area contributed by atoms with Crippen molar-refractivity contribution in [2.75, 3.05) is 7.11 Å². The summed E-state index contributed by atoms with van der Waals surface area (Å²) in [5, 5.41) is 0. The van der Waals surface area contributed by atoms with Crippen molar-refractivity contribution >= 4 is 0 Å². The van der Waals surface area contributed by atoms with E-state index in [0.29, 0.717) is 11.5 Å². The van der Waals surface area contributed by atoms with Crippen LogP contribution in [0, 0.1) is 11.3 Å². The number of hydrogen-bond donors (Lipinski definition) is 0. The van der Waals surface area contributed by atoms with E-state index in [2.05, 4.69) is 20.8 Å². The Hall–Kier alpha value is -0.0400. The zero-order valence-electron chi connectivity index (χ0n) is 11.7. The van der Waals surface area contributed by atoms with E-state index >= 15 is 0 Å². The summed E-state index contributed by atoms with van der Waals surface area (Å²) in [6, 6.07) is 0. The van der Waals surface area contributed by atoms with E-state index in [-0.39, 0.29) is 0 Å². The van der Waals surface area contributed by atoms with E-state index in [4.69, 9.17) is 4.74 Å². The third kappa shape index (κ3) is 4.08. The first-order valence-corrected chi connectivity index (χ1v) is 7.13. The minimum Gasteiger partial charge on any atom is -0.381 e. The molecule has 0 radical (unpaired) electrons. The van der Waals surface area contributed by atoms with Crippen LogP contribution in [0.15, 0.2) is 0 Å². The minimum atomic E-state index is 0.503. The lowest BCUT2D eigenvalue weighted by Crippen LogP contribution is -2.28. The van der Waals surface area contributed by atoms with Crippen LogP contribution in [0.3, 0.4) is 0 Å². The summed E-state index contributed by atoms with van der Waals surface area (Å²) >= 11 is 0. The van der Waals surface area contributed by atoms with Gasteiger partial charge in [0.15, 0.2) is 0 Å². The lowest BCUT2D eigenvalue weighted by molar-refractivity contribution is 0.0609. The third-order valence-electron chi connectivity index (χ3n) is 4.51. The molecule has 0 aromatic rings. The zero-order chi connectivity index (χ0) is 12.0. The number of rotatable bonds is 6. The Morgan fingerprint density at radius 2 is 2.00 bits per heavy atom. The summed E-state index contributed by atoms with van der Waals surface area (Å²) in [4.78, 5) is 0. The van der Waals surface area contributed by atoms with Crippen molar-refractivity contribution in [3.8, 4) is 0 Å². The average molecular weight is 226 g/mol. The van der Waals surface area contributed by atoms with E-state index in [1.165, 1.54) is 51.4 Å². The summed E-state index contributed by atoms with van der Waals surface area (Å²) in [6.45, 7) is 7.16. The first kappa shape index (κ1) is 14.0. The quantitative estimate of drug-likeness (QED) is 0.632. The molecular formula is C15H30O. The fraction of sp³-hybridized carbons (Fsp3) is 1.00. The van der Waals surface area contributed by atoms with Crippen molar-refractivity contribution in [1.82, 2.24) is 0 Å². The Balaban J connectivity index is 2.34. The lowest BCUT2D eigenvalue weighted by Gasteiger charge is -2.39. The van der Waals surface area contributed by atoms with Crippen LogP contribution in [-0.4, -0.2) is 13.2 Å². The second kappa shape index (κ2) is 6.64. The molecule has 2 unspecified atom stereocenters. The van der Waals surface area contributed by atoms with Crippen molar-refractivity contribution in [3.05, 3.63) is 0 Å². The molecule has 1 nitrogen and oxygen atoms in total. The Labute approximate surface area is 102 Å². The normalized spacial score (nSPS) is 26.6. The maximum atomic E-state index is 5.55. The molecule has 0 saturated heterocycles. The highest BCUT2D eigenvalue weighted by atomic mass is 16.5.